The number of sulfone groups is 1. The van der Waals surface area contributed by atoms with Crippen molar-refractivity contribution < 1.29 is 13.2 Å². The lowest BCUT2D eigenvalue weighted by Gasteiger charge is -2.19. The Kier molecular flexibility index (Phi) is 3.40. The fraction of sp³-hybridized carbons (Fsp3) is 0.500. The molecule has 1 aliphatic rings. The van der Waals surface area contributed by atoms with Crippen LogP contribution >= 0.6 is 0 Å². The lowest BCUT2D eigenvalue weighted by molar-refractivity contribution is 0.186. The van der Waals surface area contributed by atoms with Gasteiger partial charge in [0.05, 0.1) is 0 Å². The molecule has 0 saturated heterocycles. The van der Waals surface area contributed by atoms with E-state index in [0.29, 0.717) is 5.75 Å². The van der Waals surface area contributed by atoms with E-state index >= 15 is 0 Å². The molecule has 2 N–H and O–H groups in total. The van der Waals surface area contributed by atoms with Crippen LogP contribution in [0.5, 0.6) is 5.75 Å². The zero-order chi connectivity index (χ0) is 12.5. The topological polar surface area (TPSA) is 69.4 Å². The molecule has 2 unspecified atom stereocenters. The van der Waals surface area contributed by atoms with Crippen molar-refractivity contribution in [2.45, 2.75) is 36.3 Å². The van der Waals surface area contributed by atoms with Crippen LogP contribution in [0.15, 0.2) is 29.2 Å². The molecular weight excluding hydrogens is 238 g/mol. The number of ether oxygens (including phenoxy) is 1. The number of benzene rings is 1. The van der Waals surface area contributed by atoms with Gasteiger partial charge in [-0.2, -0.15) is 0 Å². The van der Waals surface area contributed by atoms with Gasteiger partial charge in [0.25, 0.3) is 0 Å². The van der Waals surface area contributed by atoms with Gasteiger partial charge in [0.2, 0.25) is 0 Å². The first-order valence-electron chi connectivity index (χ1n) is 5.70. The predicted molar refractivity (Wildman–Crippen MR) is 65.8 cm³/mol. The van der Waals surface area contributed by atoms with Gasteiger partial charge in [-0.3, -0.25) is 0 Å². The van der Waals surface area contributed by atoms with Gasteiger partial charge in [-0.1, -0.05) is 12.1 Å². The first-order chi connectivity index (χ1) is 7.98. The van der Waals surface area contributed by atoms with E-state index in [-0.39, 0.29) is 17.0 Å². The summed E-state index contributed by atoms with van der Waals surface area (Å²) >= 11 is 0. The van der Waals surface area contributed by atoms with Gasteiger partial charge < -0.3 is 10.5 Å². The molecule has 0 aromatic heterocycles. The monoisotopic (exact) mass is 255 g/mol. The zero-order valence-corrected chi connectivity index (χ0v) is 10.6. The molecule has 0 spiro atoms. The third kappa shape index (κ3) is 2.79. The van der Waals surface area contributed by atoms with Crippen molar-refractivity contribution in [3.63, 3.8) is 0 Å². The van der Waals surface area contributed by atoms with E-state index in [1.54, 1.807) is 24.3 Å². The lowest BCUT2D eigenvalue weighted by atomic mass is 10.2. The molecule has 2 atom stereocenters. The van der Waals surface area contributed by atoms with Crippen LogP contribution in [0.2, 0.25) is 0 Å². The summed E-state index contributed by atoms with van der Waals surface area (Å²) < 4.78 is 28.9. The van der Waals surface area contributed by atoms with Crippen molar-refractivity contribution in [1.82, 2.24) is 0 Å². The van der Waals surface area contributed by atoms with E-state index in [9.17, 15) is 8.42 Å². The summed E-state index contributed by atoms with van der Waals surface area (Å²) in [5.41, 5.74) is 5.91. The van der Waals surface area contributed by atoms with Crippen molar-refractivity contribution in [3.05, 3.63) is 24.3 Å². The average Bonchev–Trinajstić information content (AvgIpc) is 2.64. The maximum atomic E-state index is 11.6. The molecule has 1 aromatic rings. The smallest absolute Gasteiger partial charge is 0.179 e. The Hall–Kier alpha value is -1.07. The van der Waals surface area contributed by atoms with E-state index in [0.717, 1.165) is 19.3 Å². The van der Waals surface area contributed by atoms with Crippen LogP contribution in [0.1, 0.15) is 19.3 Å². The van der Waals surface area contributed by atoms with Crippen LogP contribution in [0.4, 0.5) is 0 Å². The first kappa shape index (κ1) is 12.4. The summed E-state index contributed by atoms with van der Waals surface area (Å²) in [5.74, 6) is 0.414. The third-order valence-electron chi connectivity index (χ3n) is 3.03. The summed E-state index contributed by atoms with van der Waals surface area (Å²) in [4.78, 5) is 0.235. The summed E-state index contributed by atoms with van der Waals surface area (Å²) in [7, 11) is -3.26. The molecule has 1 saturated carbocycles. The Morgan fingerprint density at radius 1 is 1.29 bits per heavy atom. The highest BCUT2D eigenvalue weighted by atomic mass is 32.2. The maximum absolute atomic E-state index is 11.6. The van der Waals surface area contributed by atoms with E-state index in [4.69, 9.17) is 10.5 Å². The zero-order valence-electron chi connectivity index (χ0n) is 9.80. The minimum atomic E-state index is -3.26. The summed E-state index contributed by atoms with van der Waals surface area (Å²) in [6, 6.07) is 6.71. The minimum Gasteiger partial charge on any atom is -0.487 e. The Balaban J connectivity index is 2.27. The van der Waals surface area contributed by atoms with Crippen LogP contribution in [-0.2, 0) is 9.84 Å². The maximum Gasteiger partial charge on any atom is 0.179 e. The van der Waals surface area contributed by atoms with Crippen LogP contribution in [0.25, 0.3) is 0 Å². The molecule has 1 aliphatic carbocycles. The molecule has 2 rings (SSSR count). The molecule has 0 heterocycles. The molecule has 4 nitrogen and oxygen atoms in total. The first-order valence-corrected chi connectivity index (χ1v) is 7.59. The molecule has 94 valence electrons. The van der Waals surface area contributed by atoms with Crippen LogP contribution in [0, 0.1) is 0 Å². The Labute approximate surface area is 102 Å². The molecule has 0 amide bonds. The predicted octanol–water partition coefficient (Wildman–Crippen LogP) is 1.35. The number of hydrogen-bond acceptors (Lipinski definition) is 4. The molecule has 0 radical (unpaired) electrons. The van der Waals surface area contributed by atoms with Crippen molar-refractivity contribution in [2.75, 3.05) is 6.26 Å². The fourth-order valence-corrected chi connectivity index (χ4v) is 2.93. The molecule has 5 heteroatoms. The fourth-order valence-electron chi connectivity index (χ4n) is 2.12. The summed E-state index contributed by atoms with van der Waals surface area (Å²) in [6.07, 6.45) is 3.97. The van der Waals surface area contributed by atoms with Crippen molar-refractivity contribution in [1.29, 1.82) is 0 Å². The second kappa shape index (κ2) is 4.66. The number of para-hydroxylation sites is 1. The van der Waals surface area contributed by atoms with Gasteiger partial charge in [0, 0.05) is 12.3 Å². The van der Waals surface area contributed by atoms with Gasteiger partial charge in [-0.15, -0.1) is 0 Å². The van der Waals surface area contributed by atoms with Crippen molar-refractivity contribution in [3.8, 4) is 5.75 Å². The lowest BCUT2D eigenvalue weighted by Crippen LogP contribution is -2.33. The molecule has 1 aromatic carbocycles. The normalized spacial score (nSPS) is 24.8. The molecule has 0 bridgehead atoms. The van der Waals surface area contributed by atoms with Crippen LogP contribution in [-0.4, -0.2) is 26.8 Å². The Bertz CT molecular complexity index is 498. The number of nitrogens with two attached hydrogens (primary N) is 1. The summed E-state index contributed by atoms with van der Waals surface area (Å²) in [6.45, 7) is 0. The molecule has 0 aliphatic heterocycles. The van der Waals surface area contributed by atoms with Gasteiger partial charge in [0.1, 0.15) is 16.7 Å². The van der Waals surface area contributed by atoms with E-state index in [1.165, 1.54) is 6.26 Å². The van der Waals surface area contributed by atoms with E-state index < -0.39 is 9.84 Å². The highest BCUT2D eigenvalue weighted by Gasteiger charge is 2.27. The number of rotatable bonds is 3. The highest BCUT2D eigenvalue weighted by Crippen LogP contribution is 2.28. The molecule has 1 fully saturated rings. The van der Waals surface area contributed by atoms with Gasteiger partial charge in [-0.05, 0) is 31.4 Å². The highest BCUT2D eigenvalue weighted by molar-refractivity contribution is 7.90. The van der Waals surface area contributed by atoms with Crippen molar-refractivity contribution in [2.24, 2.45) is 5.73 Å². The second-order valence-corrected chi connectivity index (χ2v) is 6.45. The standard InChI is InChI=1S/C12H17NO3S/c1-17(14,15)12-8-3-2-6-11(12)16-10-7-4-5-9(10)13/h2-3,6,8-10H,4-5,7,13H2,1H3. The quantitative estimate of drug-likeness (QED) is 0.885. The van der Waals surface area contributed by atoms with Gasteiger partial charge in [0.15, 0.2) is 9.84 Å². The number of hydrogen-bond donors (Lipinski definition) is 1. The largest absolute Gasteiger partial charge is 0.487 e. The average molecular weight is 255 g/mol. The van der Waals surface area contributed by atoms with E-state index in [2.05, 4.69) is 0 Å². The van der Waals surface area contributed by atoms with Crippen LogP contribution in [0.3, 0.4) is 0 Å². The molecule has 17 heavy (non-hydrogen) atoms. The summed E-state index contributed by atoms with van der Waals surface area (Å²) in [5, 5.41) is 0. The SMILES string of the molecule is CS(=O)(=O)c1ccccc1OC1CCCC1N. The van der Waals surface area contributed by atoms with E-state index in [1.807, 2.05) is 0 Å². The van der Waals surface area contributed by atoms with Gasteiger partial charge >= 0.3 is 0 Å². The third-order valence-corrected chi connectivity index (χ3v) is 4.17. The second-order valence-electron chi connectivity index (χ2n) is 4.47. The minimum absolute atomic E-state index is 0.00242. The molecular formula is C12H17NO3S. The van der Waals surface area contributed by atoms with Gasteiger partial charge in [-0.25, -0.2) is 8.42 Å². The Morgan fingerprint density at radius 3 is 2.59 bits per heavy atom. The Morgan fingerprint density at radius 2 is 2.00 bits per heavy atom. The van der Waals surface area contributed by atoms with Crippen LogP contribution < -0.4 is 10.5 Å². The van der Waals surface area contributed by atoms with Crippen molar-refractivity contribution >= 4 is 9.84 Å².